The molecule has 0 aliphatic carbocycles. The Bertz CT molecular complexity index is 161. The highest BCUT2D eigenvalue weighted by molar-refractivity contribution is 5.97. The topological polar surface area (TPSA) is 15.6 Å². The molecule has 0 atom stereocenters. The summed E-state index contributed by atoms with van der Waals surface area (Å²) in [5, 5.41) is 0. The summed E-state index contributed by atoms with van der Waals surface area (Å²) >= 11 is 0. The molecule has 1 heterocycles. The fraction of sp³-hybridized carbons (Fsp3) is 0.600. The van der Waals surface area contributed by atoms with Crippen molar-refractivity contribution in [1.29, 1.82) is 0 Å². The fourth-order valence-electron chi connectivity index (χ4n) is 0.641. The van der Waals surface area contributed by atoms with Crippen LogP contribution in [-0.2, 0) is 0 Å². The van der Waals surface area contributed by atoms with E-state index >= 15 is 0 Å². The van der Waals surface area contributed by atoms with E-state index in [4.69, 9.17) is 0 Å². The molecule has 0 spiro atoms. The van der Waals surface area contributed by atoms with Gasteiger partial charge in [0, 0.05) is 0 Å². The largest absolute Gasteiger partial charge is 0.430 e. The molecule has 1 radical (unpaired) electrons. The van der Waals surface area contributed by atoms with Crippen molar-refractivity contribution in [2.24, 2.45) is 4.99 Å². The van der Waals surface area contributed by atoms with Gasteiger partial charge in [-0.2, -0.15) is 13.2 Å². The molecular formula is C5H6F3N2. The van der Waals surface area contributed by atoms with Crippen molar-refractivity contribution in [3.8, 4) is 0 Å². The lowest BCUT2D eigenvalue weighted by Crippen LogP contribution is -2.24. The van der Waals surface area contributed by atoms with Crippen LogP contribution in [0.1, 0.15) is 0 Å². The van der Waals surface area contributed by atoms with Gasteiger partial charge < -0.3 is 0 Å². The summed E-state index contributed by atoms with van der Waals surface area (Å²) in [6.07, 6.45) is -4.29. The maximum absolute atomic E-state index is 11.7. The van der Waals surface area contributed by atoms with E-state index in [0.29, 0.717) is 0 Å². The van der Waals surface area contributed by atoms with Crippen LogP contribution >= 0.6 is 0 Å². The first-order valence-electron chi connectivity index (χ1n) is 2.67. The Balaban J connectivity index is 2.60. The normalized spacial score (nSPS) is 21.4. The zero-order valence-electron chi connectivity index (χ0n) is 5.31. The minimum atomic E-state index is -4.29. The van der Waals surface area contributed by atoms with Crippen molar-refractivity contribution in [2.45, 2.75) is 6.18 Å². The summed E-state index contributed by atoms with van der Waals surface area (Å²) in [5.74, 6) is 0. The maximum Gasteiger partial charge on any atom is 0.430 e. The summed E-state index contributed by atoms with van der Waals surface area (Å²) in [6, 6.07) is 0. The van der Waals surface area contributed by atoms with Gasteiger partial charge in [0.2, 0.25) is 0 Å². The Labute approximate surface area is 56.3 Å². The molecule has 1 aliphatic heterocycles. The number of nitrogens with zero attached hydrogens (tertiary/aromatic N) is 2. The molecule has 0 aromatic carbocycles. The first-order valence-corrected chi connectivity index (χ1v) is 2.67. The highest BCUT2D eigenvalue weighted by Crippen LogP contribution is 2.22. The van der Waals surface area contributed by atoms with E-state index < -0.39 is 11.9 Å². The van der Waals surface area contributed by atoms with E-state index in [1.165, 1.54) is 4.90 Å². The van der Waals surface area contributed by atoms with Crippen molar-refractivity contribution < 1.29 is 13.2 Å². The highest BCUT2D eigenvalue weighted by Gasteiger charge is 2.38. The molecule has 5 heteroatoms. The average molecular weight is 151 g/mol. The number of halogens is 3. The van der Waals surface area contributed by atoms with E-state index in [-0.39, 0.29) is 6.67 Å². The molecule has 2 nitrogen and oxygen atoms in total. The standard InChI is InChI=1S/C5H6F3N2/c1-10-2-4(9-3-10)5(6,7)8/h2H,3H2,1H3. The van der Waals surface area contributed by atoms with Gasteiger partial charge in [-0.1, -0.05) is 0 Å². The van der Waals surface area contributed by atoms with Gasteiger partial charge in [-0.15, -0.1) is 0 Å². The molecule has 0 aromatic rings. The summed E-state index contributed by atoms with van der Waals surface area (Å²) < 4.78 is 35.2. The lowest BCUT2D eigenvalue weighted by Gasteiger charge is -2.06. The molecule has 10 heavy (non-hydrogen) atoms. The Morgan fingerprint density at radius 1 is 1.60 bits per heavy atom. The molecule has 1 aliphatic rings. The Hall–Kier alpha value is -0.580. The first-order chi connectivity index (χ1) is 4.50. The zero-order chi connectivity index (χ0) is 7.78. The van der Waals surface area contributed by atoms with Crippen LogP contribution in [0.4, 0.5) is 13.2 Å². The molecule has 0 amide bonds. The quantitative estimate of drug-likeness (QED) is 0.505. The molecule has 0 N–H and O–H groups in total. The predicted molar refractivity (Wildman–Crippen MR) is 30.4 cm³/mol. The lowest BCUT2D eigenvalue weighted by molar-refractivity contribution is -0.0585. The Morgan fingerprint density at radius 2 is 2.20 bits per heavy atom. The van der Waals surface area contributed by atoms with Gasteiger partial charge in [0.1, 0.15) is 5.71 Å². The van der Waals surface area contributed by atoms with E-state index in [1.807, 2.05) is 0 Å². The molecule has 0 bridgehead atoms. The average Bonchev–Trinajstić information content (AvgIpc) is 2.11. The lowest BCUT2D eigenvalue weighted by atomic mass is 10.4. The van der Waals surface area contributed by atoms with Crippen LogP contribution in [0.3, 0.4) is 0 Å². The second-order valence-electron chi connectivity index (χ2n) is 2.07. The van der Waals surface area contributed by atoms with Crippen LogP contribution in [0.5, 0.6) is 0 Å². The van der Waals surface area contributed by atoms with Crippen LogP contribution in [0.15, 0.2) is 4.99 Å². The number of aliphatic imine (C=N–C) groups is 1. The molecule has 0 fully saturated rings. The molecule has 0 saturated carbocycles. The smallest absolute Gasteiger partial charge is 0.277 e. The second kappa shape index (κ2) is 2.23. The fourth-order valence-corrected chi connectivity index (χ4v) is 0.641. The van der Waals surface area contributed by atoms with Gasteiger partial charge in [0.25, 0.3) is 0 Å². The van der Waals surface area contributed by atoms with E-state index in [9.17, 15) is 13.2 Å². The molecule has 0 aromatic heterocycles. The van der Waals surface area contributed by atoms with Crippen molar-refractivity contribution in [3.63, 3.8) is 0 Å². The van der Waals surface area contributed by atoms with Crippen LogP contribution in [0, 0.1) is 6.54 Å². The van der Waals surface area contributed by atoms with E-state index in [2.05, 4.69) is 4.99 Å². The van der Waals surface area contributed by atoms with E-state index in [1.54, 1.807) is 7.05 Å². The van der Waals surface area contributed by atoms with Crippen LogP contribution in [0.2, 0.25) is 0 Å². The summed E-state index contributed by atoms with van der Waals surface area (Å²) in [5.41, 5.74) is -0.796. The summed E-state index contributed by atoms with van der Waals surface area (Å²) in [4.78, 5) is 4.63. The zero-order valence-corrected chi connectivity index (χ0v) is 5.31. The van der Waals surface area contributed by atoms with Gasteiger partial charge in [0.15, 0.2) is 0 Å². The van der Waals surface area contributed by atoms with Gasteiger partial charge in [-0.3, -0.25) is 9.89 Å². The molecule has 0 unspecified atom stereocenters. The minimum absolute atomic E-state index is 0.106. The van der Waals surface area contributed by atoms with Gasteiger partial charge in [0.05, 0.1) is 13.2 Å². The molecule has 1 rings (SSSR count). The molecule has 57 valence electrons. The Morgan fingerprint density at radius 3 is 2.40 bits per heavy atom. The van der Waals surface area contributed by atoms with Gasteiger partial charge in [-0.05, 0) is 7.05 Å². The van der Waals surface area contributed by atoms with Crippen LogP contribution in [0.25, 0.3) is 0 Å². The number of hydrogen-bond acceptors (Lipinski definition) is 2. The van der Waals surface area contributed by atoms with E-state index in [0.717, 1.165) is 6.54 Å². The number of hydrogen-bond donors (Lipinski definition) is 0. The summed E-state index contributed by atoms with van der Waals surface area (Å²) in [7, 11) is 1.54. The highest BCUT2D eigenvalue weighted by atomic mass is 19.4. The van der Waals surface area contributed by atoms with Crippen LogP contribution < -0.4 is 0 Å². The Kier molecular flexibility index (Phi) is 1.68. The third kappa shape index (κ3) is 1.47. The van der Waals surface area contributed by atoms with Gasteiger partial charge in [-0.25, -0.2) is 0 Å². The minimum Gasteiger partial charge on any atom is -0.277 e. The number of rotatable bonds is 0. The second-order valence-corrected chi connectivity index (χ2v) is 2.07. The first kappa shape index (κ1) is 7.53. The number of alkyl halides is 3. The molecule has 0 saturated heterocycles. The summed E-state index contributed by atoms with van der Waals surface area (Å²) in [6.45, 7) is 1.09. The SMILES string of the molecule is CN1[CH]C(C(F)(F)F)=NC1. The van der Waals surface area contributed by atoms with Crippen LogP contribution in [-0.4, -0.2) is 30.5 Å². The van der Waals surface area contributed by atoms with Crippen molar-refractivity contribution in [1.82, 2.24) is 4.90 Å². The third-order valence-corrected chi connectivity index (χ3v) is 1.10. The maximum atomic E-state index is 11.7. The van der Waals surface area contributed by atoms with Crippen molar-refractivity contribution in [3.05, 3.63) is 6.54 Å². The third-order valence-electron chi connectivity index (χ3n) is 1.10. The predicted octanol–water partition coefficient (Wildman–Crippen LogP) is 1.05. The van der Waals surface area contributed by atoms with Crippen molar-refractivity contribution in [2.75, 3.05) is 13.7 Å². The van der Waals surface area contributed by atoms with Gasteiger partial charge >= 0.3 is 6.18 Å². The molecular weight excluding hydrogens is 145 g/mol. The van der Waals surface area contributed by atoms with Crippen molar-refractivity contribution >= 4 is 5.71 Å². The monoisotopic (exact) mass is 151 g/mol.